The van der Waals surface area contributed by atoms with Crippen LogP contribution in [0.1, 0.15) is 22.8 Å². The van der Waals surface area contributed by atoms with E-state index in [1.807, 2.05) is 26.0 Å². The predicted molar refractivity (Wildman–Crippen MR) is 93.8 cm³/mol. The van der Waals surface area contributed by atoms with Crippen molar-refractivity contribution in [3.05, 3.63) is 71.8 Å². The number of rotatable bonds is 5. The van der Waals surface area contributed by atoms with Crippen LogP contribution in [0.15, 0.2) is 54.9 Å². The summed E-state index contributed by atoms with van der Waals surface area (Å²) in [6, 6.07) is 11.5. The zero-order valence-corrected chi connectivity index (χ0v) is 14.0. The summed E-state index contributed by atoms with van der Waals surface area (Å²) in [5.74, 6) is -0.342. The number of halogens is 1. The molecule has 0 aliphatic rings. The van der Waals surface area contributed by atoms with Crippen LogP contribution in [0.3, 0.4) is 0 Å². The summed E-state index contributed by atoms with van der Waals surface area (Å²) in [5.41, 5.74) is 2.08. The molecule has 0 saturated carbocycles. The highest BCUT2D eigenvalue weighted by atomic mass is 19.1. The molecule has 0 unspecified atom stereocenters. The quantitative estimate of drug-likeness (QED) is 0.765. The van der Waals surface area contributed by atoms with Gasteiger partial charge < -0.3 is 10.1 Å². The highest BCUT2D eigenvalue weighted by Gasteiger charge is 2.13. The molecule has 25 heavy (non-hydrogen) atoms. The topological polar surface area (TPSA) is 56.1 Å². The Morgan fingerprint density at radius 1 is 1.28 bits per heavy atom. The van der Waals surface area contributed by atoms with E-state index >= 15 is 0 Å². The van der Waals surface area contributed by atoms with Crippen LogP contribution in [-0.4, -0.2) is 22.3 Å². The SMILES string of the molecule is CCOc1cc(C)ccc1NC(=O)c1ccc(-n2cccn2)c(F)c1. The molecule has 1 heterocycles. The molecule has 3 rings (SSSR count). The van der Waals surface area contributed by atoms with Crippen LogP contribution in [0, 0.1) is 12.7 Å². The Labute approximate surface area is 145 Å². The minimum Gasteiger partial charge on any atom is -0.492 e. The number of carbonyl (C=O) groups excluding carboxylic acids is 1. The van der Waals surface area contributed by atoms with Crippen LogP contribution in [0.4, 0.5) is 10.1 Å². The van der Waals surface area contributed by atoms with Gasteiger partial charge in [-0.2, -0.15) is 5.10 Å². The van der Waals surface area contributed by atoms with Gasteiger partial charge in [0.1, 0.15) is 17.3 Å². The van der Waals surface area contributed by atoms with E-state index in [1.54, 1.807) is 30.6 Å². The highest BCUT2D eigenvalue weighted by molar-refractivity contribution is 6.05. The van der Waals surface area contributed by atoms with Crippen LogP contribution in [-0.2, 0) is 0 Å². The predicted octanol–water partition coefficient (Wildman–Crippen LogP) is 3.97. The van der Waals surface area contributed by atoms with E-state index in [9.17, 15) is 9.18 Å². The Balaban J connectivity index is 1.83. The number of aryl methyl sites for hydroxylation is 1. The van der Waals surface area contributed by atoms with Gasteiger partial charge in [0.2, 0.25) is 0 Å². The molecule has 3 aromatic rings. The van der Waals surface area contributed by atoms with Gasteiger partial charge in [0, 0.05) is 18.0 Å². The number of amides is 1. The maximum Gasteiger partial charge on any atom is 0.255 e. The van der Waals surface area contributed by atoms with E-state index < -0.39 is 11.7 Å². The molecule has 0 aliphatic carbocycles. The molecule has 128 valence electrons. The Hall–Kier alpha value is -3.15. The number of hydrogen-bond acceptors (Lipinski definition) is 3. The molecule has 1 aromatic heterocycles. The number of hydrogen-bond donors (Lipinski definition) is 1. The van der Waals surface area contributed by atoms with Crippen molar-refractivity contribution in [2.24, 2.45) is 0 Å². The maximum absolute atomic E-state index is 14.3. The first-order chi connectivity index (χ1) is 12.1. The smallest absolute Gasteiger partial charge is 0.255 e. The third-order valence-electron chi connectivity index (χ3n) is 3.65. The monoisotopic (exact) mass is 339 g/mol. The second kappa shape index (κ2) is 7.17. The molecular formula is C19H18FN3O2. The van der Waals surface area contributed by atoms with Gasteiger partial charge in [0.25, 0.3) is 5.91 Å². The highest BCUT2D eigenvalue weighted by Crippen LogP contribution is 2.26. The van der Waals surface area contributed by atoms with Crippen molar-refractivity contribution in [3.8, 4) is 11.4 Å². The van der Waals surface area contributed by atoms with E-state index in [4.69, 9.17) is 4.74 Å². The molecular weight excluding hydrogens is 321 g/mol. The van der Waals surface area contributed by atoms with Crippen LogP contribution >= 0.6 is 0 Å². The molecule has 0 aliphatic heterocycles. The molecule has 0 atom stereocenters. The molecule has 2 aromatic carbocycles. The number of nitrogens with one attached hydrogen (secondary N) is 1. The lowest BCUT2D eigenvalue weighted by Gasteiger charge is -2.13. The van der Waals surface area contributed by atoms with E-state index in [-0.39, 0.29) is 11.3 Å². The summed E-state index contributed by atoms with van der Waals surface area (Å²) >= 11 is 0. The van der Waals surface area contributed by atoms with Crippen molar-refractivity contribution in [2.45, 2.75) is 13.8 Å². The molecule has 6 heteroatoms. The first-order valence-corrected chi connectivity index (χ1v) is 7.93. The Bertz CT molecular complexity index is 892. The Morgan fingerprint density at radius 3 is 2.80 bits per heavy atom. The number of carbonyl (C=O) groups is 1. The fraction of sp³-hybridized carbons (Fsp3) is 0.158. The summed E-state index contributed by atoms with van der Waals surface area (Å²) in [5, 5.41) is 6.76. The number of aromatic nitrogens is 2. The molecule has 0 bridgehead atoms. The van der Waals surface area contributed by atoms with Gasteiger partial charge >= 0.3 is 0 Å². The minimum atomic E-state index is -0.523. The van der Waals surface area contributed by atoms with Crippen molar-refractivity contribution in [2.75, 3.05) is 11.9 Å². The van der Waals surface area contributed by atoms with Crippen LogP contribution < -0.4 is 10.1 Å². The zero-order valence-electron chi connectivity index (χ0n) is 14.0. The van der Waals surface area contributed by atoms with Crippen molar-refractivity contribution in [3.63, 3.8) is 0 Å². The lowest BCUT2D eigenvalue weighted by atomic mass is 10.1. The van der Waals surface area contributed by atoms with Gasteiger partial charge in [-0.15, -0.1) is 0 Å². The molecule has 0 fully saturated rings. The molecule has 1 amide bonds. The van der Waals surface area contributed by atoms with E-state index in [1.165, 1.54) is 16.8 Å². The van der Waals surface area contributed by atoms with Crippen LogP contribution in [0.25, 0.3) is 5.69 Å². The molecule has 1 N–H and O–H groups in total. The Morgan fingerprint density at radius 2 is 2.12 bits per heavy atom. The van der Waals surface area contributed by atoms with Crippen molar-refractivity contribution < 1.29 is 13.9 Å². The third-order valence-corrected chi connectivity index (χ3v) is 3.65. The molecule has 0 spiro atoms. The lowest BCUT2D eigenvalue weighted by molar-refractivity contribution is 0.102. The number of nitrogens with zero attached hydrogens (tertiary/aromatic N) is 2. The maximum atomic E-state index is 14.3. The standard InChI is InChI=1S/C19H18FN3O2/c1-3-25-18-11-13(2)5-7-16(18)22-19(24)14-6-8-17(15(20)12-14)23-10-4-9-21-23/h4-12H,3H2,1-2H3,(H,22,24). The van der Waals surface area contributed by atoms with Gasteiger partial charge in [-0.25, -0.2) is 9.07 Å². The van der Waals surface area contributed by atoms with Gasteiger partial charge in [-0.05, 0) is 55.8 Å². The summed E-state index contributed by atoms with van der Waals surface area (Å²) in [7, 11) is 0. The third kappa shape index (κ3) is 3.68. The van der Waals surface area contributed by atoms with E-state index in [0.717, 1.165) is 5.56 Å². The average Bonchev–Trinajstić information content (AvgIpc) is 3.11. The van der Waals surface area contributed by atoms with Crippen molar-refractivity contribution in [1.82, 2.24) is 9.78 Å². The summed E-state index contributed by atoms with van der Waals surface area (Å²) in [6.45, 7) is 4.30. The number of anilines is 1. The summed E-state index contributed by atoms with van der Waals surface area (Å²) < 4.78 is 21.3. The average molecular weight is 339 g/mol. The fourth-order valence-electron chi connectivity index (χ4n) is 2.45. The molecule has 0 radical (unpaired) electrons. The summed E-state index contributed by atoms with van der Waals surface area (Å²) in [4.78, 5) is 12.4. The van der Waals surface area contributed by atoms with Gasteiger partial charge in [-0.1, -0.05) is 6.07 Å². The van der Waals surface area contributed by atoms with Crippen molar-refractivity contribution >= 4 is 11.6 Å². The minimum absolute atomic E-state index is 0.219. The first-order valence-electron chi connectivity index (χ1n) is 7.93. The van der Waals surface area contributed by atoms with E-state index in [2.05, 4.69) is 10.4 Å². The largest absolute Gasteiger partial charge is 0.492 e. The fourth-order valence-corrected chi connectivity index (χ4v) is 2.45. The van der Waals surface area contributed by atoms with Gasteiger partial charge in [0.15, 0.2) is 0 Å². The second-order valence-corrected chi connectivity index (χ2v) is 5.50. The van der Waals surface area contributed by atoms with Gasteiger partial charge in [-0.3, -0.25) is 4.79 Å². The van der Waals surface area contributed by atoms with Gasteiger partial charge in [0.05, 0.1) is 12.3 Å². The summed E-state index contributed by atoms with van der Waals surface area (Å²) in [6.07, 6.45) is 3.20. The second-order valence-electron chi connectivity index (χ2n) is 5.50. The van der Waals surface area contributed by atoms with Crippen LogP contribution in [0.2, 0.25) is 0 Å². The molecule has 0 saturated heterocycles. The normalized spacial score (nSPS) is 10.5. The van der Waals surface area contributed by atoms with E-state index in [0.29, 0.717) is 18.0 Å². The number of ether oxygens (including phenoxy) is 1. The van der Waals surface area contributed by atoms with Crippen molar-refractivity contribution in [1.29, 1.82) is 0 Å². The molecule has 5 nitrogen and oxygen atoms in total. The first kappa shape index (κ1) is 16.7. The zero-order chi connectivity index (χ0) is 17.8. The van der Waals surface area contributed by atoms with Crippen LogP contribution in [0.5, 0.6) is 5.75 Å². The number of benzene rings is 2. The Kier molecular flexibility index (Phi) is 4.79. The lowest BCUT2D eigenvalue weighted by Crippen LogP contribution is -2.14.